The summed E-state index contributed by atoms with van der Waals surface area (Å²) >= 11 is 1.20. The van der Waals surface area contributed by atoms with Crippen LogP contribution in [0.2, 0.25) is 0 Å². The minimum Gasteiger partial charge on any atom is -0.348 e. The van der Waals surface area contributed by atoms with Crippen LogP contribution in [0.3, 0.4) is 0 Å². The van der Waals surface area contributed by atoms with Crippen LogP contribution in [-0.2, 0) is 16.6 Å². The lowest BCUT2D eigenvalue weighted by molar-refractivity contribution is 0.0951. The van der Waals surface area contributed by atoms with Crippen LogP contribution in [-0.4, -0.2) is 24.5 Å². The summed E-state index contributed by atoms with van der Waals surface area (Å²) in [6.07, 6.45) is 0. The number of nitrogens with one attached hydrogen (secondary N) is 2. The molecular formula is C20H19N5O3S2. The van der Waals surface area contributed by atoms with Gasteiger partial charge in [-0.3, -0.25) is 9.52 Å². The van der Waals surface area contributed by atoms with Crippen molar-refractivity contribution >= 4 is 32.4 Å². The third-order valence-electron chi connectivity index (χ3n) is 4.12. The highest BCUT2D eigenvalue weighted by molar-refractivity contribution is 7.93. The lowest BCUT2D eigenvalue weighted by Gasteiger charge is -2.08. The Balaban J connectivity index is 1.62. The zero-order valence-electron chi connectivity index (χ0n) is 16.3. The number of amides is 1. The van der Waals surface area contributed by atoms with Gasteiger partial charge in [0.05, 0.1) is 16.5 Å². The first-order valence-electron chi connectivity index (χ1n) is 9.02. The normalized spacial score (nSPS) is 11.1. The van der Waals surface area contributed by atoms with E-state index in [0.29, 0.717) is 11.1 Å². The Hall–Kier alpha value is -3.29. The Morgan fingerprint density at radius 1 is 1.10 bits per heavy atom. The fourth-order valence-electron chi connectivity index (χ4n) is 2.45. The molecule has 0 unspecified atom stereocenters. The van der Waals surface area contributed by atoms with Crippen molar-refractivity contribution in [3.8, 4) is 6.07 Å². The molecule has 0 fully saturated rings. The number of sulfonamides is 1. The third kappa shape index (κ3) is 5.20. The van der Waals surface area contributed by atoms with E-state index in [1.807, 2.05) is 19.9 Å². The summed E-state index contributed by atoms with van der Waals surface area (Å²) in [5, 5.41) is 20.4. The Labute approximate surface area is 178 Å². The second-order valence-corrected chi connectivity index (χ2v) is 9.41. The summed E-state index contributed by atoms with van der Waals surface area (Å²) in [5.41, 5.74) is 1.66. The number of rotatable bonds is 7. The summed E-state index contributed by atoms with van der Waals surface area (Å²) in [4.78, 5) is 12.3. The maximum atomic E-state index is 12.5. The Morgan fingerprint density at radius 2 is 1.77 bits per heavy atom. The van der Waals surface area contributed by atoms with Gasteiger partial charge in [-0.2, -0.15) is 5.26 Å². The van der Waals surface area contributed by atoms with E-state index in [2.05, 4.69) is 20.2 Å². The Bertz CT molecular complexity index is 1180. The maximum absolute atomic E-state index is 12.5. The van der Waals surface area contributed by atoms with Crippen molar-refractivity contribution < 1.29 is 13.2 Å². The molecule has 0 radical (unpaired) electrons. The molecule has 154 valence electrons. The Kier molecular flexibility index (Phi) is 6.44. The van der Waals surface area contributed by atoms with Crippen LogP contribution in [0.5, 0.6) is 0 Å². The molecule has 0 atom stereocenters. The first-order valence-corrected chi connectivity index (χ1v) is 11.3. The largest absolute Gasteiger partial charge is 0.348 e. The SMILES string of the molecule is CC(C)c1nnc(NS(=O)(=O)c2ccc(CNC(=O)c3ccc(C#N)cc3)cc2)s1. The van der Waals surface area contributed by atoms with E-state index in [1.165, 1.54) is 23.5 Å². The van der Waals surface area contributed by atoms with Crippen LogP contribution >= 0.6 is 11.3 Å². The summed E-state index contributed by atoms with van der Waals surface area (Å²) in [6.45, 7) is 4.15. The number of hydrogen-bond acceptors (Lipinski definition) is 7. The van der Waals surface area contributed by atoms with Gasteiger partial charge in [0, 0.05) is 18.0 Å². The number of hydrogen-bond donors (Lipinski definition) is 2. The van der Waals surface area contributed by atoms with Crippen LogP contribution in [0.4, 0.5) is 5.13 Å². The molecule has 0 aliphatic carbocycles. The zero-order valence-corrected chi connectivity index (χ0v) is 17.9. The molecular weight excluding hydrogens is 422 g/mol. The van der Waals surface area contributed by atoms with Gasteiger partial charge in [-0.1, -0.05) is 37.3 Å². The van der Waals surface area contributed by atoms with Crippen molar-refractivity contribution in [2.24, 2.45) is 0 Å². The molecule has 10 heteroatoms. The standard InChI is InChI=1S/C20H19N5O3S2/c1-13(2)19-23-24-20(29-19)25-30(27,28)17-9-5-15(6-10-17)12-22-18(26)16-7-3-14(11-21)4-8-16/h3-10,13H,12H2,1-2H3,(H,22,26)(H,24,25). The quantitative estimate of drug-likeness (QED) is 0.580. The molecule has 2 N–H and O–H groups in total. The van der Waals surface area contributed by atoms with E-state index in [9.17, 15) is 13.2 Å². The van der Waals surface area contributed by atoms with Gasteiger partial charge in [-0.05, 0) is 42.0 Å². The number of nitrogens with zero attached hydrogens (tertiary/aromatic N) is 3. The van der Waals surface area contributed by atoms with Gasteiger partial charge < -0.3 is 5.32 Å². The van der Waals surface area contributed by atoms with Crippen molar-refractivity contribution in [2.45, 2.75) is 31.2 Å². The maximum Gasteiger partial charge on any atom is 0.263 e. The van der Waals surface area contributed by atoms with E-state index in [0.717, 1.165) is 10.6 Å². The first kappa shape index (κ1) is 21.4. The molecule has 0 bridgehead atoms. The van der Waals surface area contributed by atoms with Gasteiger partial charge in [0.25, 0.3) is 15.9 Å². The zero-order chi connectivity index (χ0) is 21.7. The monoisotopic (exact) mass is 441 g/mol. The van der Waals surface area contributed by atoms with Crippen LogP contribution in [0.1, 0.15) is 46.3 Å². The van der Waals surface area contributed by atoms with E-state index in [1.54, 1.807) is 36.4 Å². The molecule has 3 aromatic rings. The fourth-order valence-corrected chi connectivity index (χ4v) is 4.43. The predicted octanol–water partition coefficient (Wildman–Crippen LogP) is 3.26. The highest BCUT2D eigenvalue weighted by Gasteiger charge is 2.17. The molecule has 0 aliphatic rings. The lowest BCUT2D eigenvalue weighted by atomic mass is 10.1. The van der Waals surface area contributed by atoms with Crippen molar-refractivity contribution in [3.05, 3.63) is 70.2 Å². The number of benzene rings is 2. The van der Waals surface area contributed by atoms with Crippen molar-refractivity contribution in [2.75, 3.05) is 4.72 Å². The van der Waals surface area contributed by atoms with Gasteiger partial charge in [0.1, 0.15) is 5.01 Å². The molecule has 1 amide bonds. The highest BCUT2D eigenvalue weighted by atomic mass is 32.2. The smallest absolute Gasteiger partial charge is 0.263 e. The molecule has 2 aromatic carbocycles. The van der Waals surface area contributed by atoms with E-state index >= 15 is 0 Å². The lowest BCUT2D eigenvalue weighted by Crippen LogP contribution is -2.22. The molecule has 0 aliphatic heterocycles. The van der Waals surface area contributed by atoms with Crippen LogP contribution in [0, 0.1) is 11.3 Å². The summed E-state index contributed by atoms with van der Waals surface area (Å²) in [7, 11) is -3.78. The summed E-state index contributed by atoms with van der Waals surface area (Å²) in [5.74, 6) is -0.116. The molecule has 1 aromatic heterocycles. The molecule has 0 saturated carbocycles. The van der Waals surface area contributed by atoms with Gasteiger partial charge in [0.2, 0.25) is 5.13 Å². The van der Waals surface area contributed by atoms with Gasteiger partial charge in [-0.15, -0.1) is 10.2 Å². The summed E-state index contributed by atoms with van der Waals surface area (Å²) < 4.78 is 27.5. The Morgan fingerprint density at radius 3 is 2.33 bits per heavy atom. The van der Waals surface area contributed by atoms with Gasteiger partial charge in [-0.25, -0.2) is 8.42 Å². The molecule has 8 nitrogen and oxygen atoms in total. The molecule has 30 heavy (non-hydrogen) atoms. The van der Waals surface area contributed by atoms with Crippen molar-refractivity contribution in [1.29, 1.82) is 5.26 Å². The van der Waals surface area contributed by atoms with Gasteiger partial charge >= 0.3 is 0 Å². The molecule has 0 saturated heterocycles. The summed E-state index contributed by atoms with van der Waals surface area (Å²) in [6, 6.07) is 14.5. The van der Waals surface area contributed by atoms with Crippen LogP contribution in [0.15, 0.2) is 53.4 Å². The second-order valence-electron chi connectivity index (χ2n) is 6.72. The number of anilines is 1. The average Bonchev–Trinajstić information content (AvgIpc) is 3.20. The van der Waals surface area contributed by atoms with E-state index < -0.39 is 10.0 Å². The highest BCUT2D eigenvalue weighted by Crippen LogP contribution is 2.24. The first-order chi connectivity index (χ1) is 14.3. The number of carbonyl (C=O) groups excluding carboxylic acids is 1. The van der Waals surface area contributed by atoms with Crippen molar-refractivity contribution in [1.82, 2.24) is 15.5 Å². The third-order valence-corrected chi connectivity index (χ3v) is 6.74. The number of nitriles is 1. The molecule has 0 spiro atoms. The molecule has 1 heterocycles. The average molecular weight is 442 g/mol. The molecule has 3 rings (SSSR count). The van der Waals surface area contributed by atoms with E-state index in [-0.39, 0.29) is 28.4 Å². The topological polar surface area (TPSA) is 125 Å². The minimum absolute atomic E-state index is 0.0889. The van der Waals surface area contributed by atoms with Crippen LogP contribution in [0.25, 0.3) is 0 Å². The van der Waals surface area contributed by atoms with Gasteiger partial charge in [0.15, 0.2) is 0 Å². The number of carbonyl (C=O) groups is 1. The van der Waals surface area contributed by atoms with E-state index in [4.69, 9.17) is 5.26 Å². The number of aromatic nitrogens is 2. The predicted molar refractivity (Wildman–Crippen MR) is 114 cm³/mol. The minimum atomic E-state index is -3.78. The second kappa shape index (κ2) is 9.02. The fraction of sp³-hybridized carbons (Fsp3) is 0.200. The van der Waals surface area contributed by atoms with Crippen LogP contribution < -0.4 is 10.0 Å². The van der Waals surface area contributed by atoms with Crippen molar-refractivity contribution in [3.63, 3.8) is 0 Å².